The van der Waals surface area contributed by atoms with Gasteiger partial charge in [-0.05, 0) is 55.5 Å². The molecule has 0 aliphatic carbocycles. The fourth-order valence-corrected chi connectivity index (χ4v) is 2.96. The predicted octanol–water partition coefficient (Wildman–Crippen LogP) is 3.61. The van der Waals surface area contributed by atoms with E-state index in [2.05, 4.69) is 20.8 Å². The van der Waals surface area contributed by atoms with Crippen molar-refractivity contribution < 1.29 is 18.9 Å². The van der Waals surface area contributed by atoms with Crippen LogP contribution in [0.4, 0.5) is 0 Å². The van der Waals surface area contributed by atoms with E-state index in [4.69, 9.17) is 31.2 Å². The van der Waals surface area contributed by atoms with Crippen LogP contribution >= 0.6 is 12.2 Å². The van der Waals surface area contributed by atoms with Crippen molar-refractivity contribution in [2.75, 3.05) is 33.5 Å². The van der Waals surface area contributed by atoms with Gasteiger partial charge in [0.1, 0.15) is 5.75 Å². The quantitative estimate of drug-likeness (QED) is 0.305. The predicted molar refractivity (Wildman–Crippen MR) is 117 cm³/mol. The van der Waals surface area contributed by atoms with Crippen molar-refractivity contribution in [1.29, 1.82) is 0 Å². The molecule has 0 spiro atoms. The Morgan fingerprint density at radius 3 is 2.33 bits per heavy atom. The van der Waals surface area contributed by atoms with Gasteiger partial charge < -0.3 is 18.9 Å². The van der Waals surface area contributed by atoms with Gasteiger partial charge in [-0.25, -0.2) is 10.6 Å². The van der Waals surface area contributed by atoms with Gasteiger partial charge in [-0.3, -0.25) is 0 Å². The van der Waals surface area contributed by atoms with Crippen LogP contribution in [-0.2, 0) is 0 Å². The van der Waals surface area contributed by atoms with E-state index in [1.54, 1.807) is 44.4 Å². The third-order valence-corrected chi connectivity index (χ3v) is 4.43. The molecule has 0 aliphatic rings. The largest absolute Gasteiger partial charge is 0.494 e. The summed E-state index contributed by atoms with van der Waals surface area (Å²) in [4.78, 5) is 0. The minimum atomic E-state index is 0.376. The number of hydrogen-bond donors (Lipinski definition) is 2. The summed E-state index contributed by atoms with van der Waals surface area (Å²) in [7, 11) is 4.67. The highest BCUT2D eigenvalue weighted by molar-refractivity contribution is 7.71. The minimum Gasteiger partial charge on any atom is -0.494 e. The number of aromatic nitrogens is 3. The summed E-state index contributed by atoms with van der Waals surface area (Å²) in [6.07, 6.45) is 1.61. The molecule has 158 valence electrons. The van der Waals surface area contributed by atoms with Gasteiger partial charge in [-0.1, -0.05) is 0 Å². The number of nitrogens with one attached hydrogen (secondary N) is 2. The van der Waals surface area contributed by atoms with Gasteiger partial charge in [0.25, 0.3) is 0 Å². The molecule has 0 amide bonds. The third kappa shape index (κ3) is 4.54. The molecule has 9 nitrogen and oxygen atoms in total. The van der Waals surface area contributed by atoms with Crippen LogP contribution in [0.5, 0.6) is 23.0 Å². The number of aromatic amines is 1. The van der Waals surface area contributed by atoms with Crippen LogP contribution in [0.25, 0.3) is 11.4 Å². The molecule has 2 aromatic carbocycles. The molecule has 0 fully saturated rings. The van der Waals surface area contributed by atoms with Crippen molar-refractivity contribution in [3.8, 4) is 34.4 Å². The molecule has 0 saturated heterocycles. The van der Waals surface area contributed by atoms with Crippen LogP contribution in [-0.4, -0.2) is 49.0 Å². The first-order valence-electron chi connectivity index (χ1n) is 9.11. The number of methoxy groups -OCH3 is 3. The lowest BCUT2D eigenvalue weighted by Gasteiger charge is -2.12. The number of benzene rings is 2. The Labute approximate surface area is 179 Å². The molecule has 0 bridgehead atoms. The lowest BCUT2D eigenvalue weighted by atomic mass is 10.2. The second-order valence-electron chi connectivity index (χ2n) is 5.96. The van der Waals surface area contributed by atoms with Crippen molar-refractivity contribution >= 4 is 18.4 Å². The second kappa shape index (κ2) is 9.79. The number of rotatable bonds is 9. The summed E-state index contributed by atoms with van der Waals surface area (Å²) in [6.45, 7) is 2.55. The average molecular weight is 430 g/mol. The Hall–Kier alpha value is -3.53. The Morgan fingerprint density at radius 1 is 1.10 bits per heavy atom. The zero-order chi connectivity index (χ0) is 21.5. The minimum absolute atomic E-state index is 0.376. The molecule has 0 saturated carbocycles. The van der Waals surface area contributed by atoms with Crippen molar-refractivity contribution in [1.82, 2.24) is 14.9 Å². The van der Waals surface area contributed by atoms with Gasteiger partial charge in [0.2, 0.25) is 10.5 Å². The summed E-state index contributed by atoms with van der Waals surface area (Å²) < 4.78 is 23.5. The number of nitrogens with zero attached hydrogens (tertiary/aromatic N) is 3. The fourth-order valence-electron chi connectivity index (χ4n) is 2.79. The summed E-state index contributed by atoms with van der Waals surface area (Å²) >= 11 is 5.31. The number of hydrazone groups is 1. The zero-order valence-electron chi connectivity index (χ0n) is 17.1. The Kier molecular flexibility index (Phi) is 6.91. The van der Waals surface area contributed by atoms with E-state index in [0.717, 1.165) is 16.9 Å². The van der Waals surface area contributed by atoms with Crippen LogP contribution in [0.15, 0.2) is 41.5 Å². The van der Waals surface area contributed by atoms with Crippen molar-refractivity contribution in [2.24, 2.45) is 5.10 Å². The van der Waals surface area contributed by atoms with E-state index in [9.17, 15) is 0 Å². The van der Waals surface area contributed by atoms with Crippen LogP contribution < -0.4 is 24.5 Å². The van der Waals surface area contributed by atoms with Crippen molar-refractivity contribution in [3.05, 3.63) is 46.7 Å². The van der Waals surface area contributed by atoms with Gasteiger partial charge in [0, 0.05) is 11.1 Å². The molecule has 0 unspecified atom stereocenters. The summed E-state index contributed by atoms with van der Waals surface area (Å²) in [5, 5.41) is 11.3. The molecule has 30 heavy (non-hydrogen) atoms. The van der Waals surface area contributed by atoms with Gasteiger partial charge in [0.15, 0.2) is 17.3 Å². The van der Waals surface area contributed by atoms with Gasteiger partial charge in [-0.2, -0.15) is 14.9 Å². The number of hydrogen-bond acceptors (Lipinski definition) is 8. The number of ether oxygens (including phenoxy) is 4. The molecule has 1 heterocycles. The van der Waals surface area contributed by atoms with E-state index < -0.39 is 0 Å². The second-order valence-corrected chi connectivity index (χ2v) is 6.35. The van der Waals surface area contributed by atoms with Crippen LogP contribution in [0.1, 0.15) is 12.5 Å². The molecular weight excluding hydrogens is 406 g/mol. The van der Waals surface area contributed by atoms with Crippen molar-refractivity contribution in [2.45, 2.75) is 6.92 Å². The first kappa shape index (κ1) is 21.2. The molecule has 0 atom stereocenters. The van der Waals surface area contributed by atoms with E-state index in [0.29, 0.717) is 34.5 Å². The SMILES string of the molecule is CCOc1ccc(-c2n[nH]c(=S)n2N/N=C\c2cc(OC)c(OC)c(OC)c2)cc1. The monoisotopic (exact) mass is 429 g/mol. The molecule has 0 aliphatic heterocycles. The summed E-state index contributed by atoms with van der Waals surface area (Å²) in [6, 6.07) is 11.1. The molecular formula is C20H23N5O4S. The van der Waals surface area contributed by atoms with Gasteiger partial charge >= 0.3 is 0 Å². The lowest BCUT2D eigenvalue weighted by molar-refractivity contribution is 0.324. The standard InChI is InChI=1S/C20H23N5O4S/c1-5-29-15-8-6-14(7-9-15)19-22-23-20(30)25(19)24-21-12-13-10-16(26-2)18(28-4)17(11-13)27-3/h6-12,24H,5H2,1-4H3,(H,23,30)/b21-12-. The van der Waals surface area contributed by atoms with E-state index in [-0.39, 0.29) is 0 Å². The molecule has 10 heteroatoms. The van der Waals surface area contributed by atoms with E-state index in [1.807, 2.05) is 31.2 Å². The molecule has 3 aromatic rings. The zero-order valence-corrected chi connectivity index (χ0v) is 17.9. The number of H-pyrrole nitrogens is 1. The topological polar surface area (TPSA) is 94.9 Å². The molecule has 2 N–H and O–H groups in total. The van der Waals surface area contributed by atoms with E-state index in [1.165, 1.54) is 0 Å². The maximum atomic E-state index is 5.48. The highest BCUT2D eigenvalue weighted by atomic mass is 32.1. The summed E-state index contributed by atoms with van der Waals surface area (Å²) in [5.74, 6) is 2.96. The Morgan fingerprint density at radius 2 is 1.77 bits per heavy atom. The fraction of sp³-hybridized carbons (Fsp3) is 0.250. The molecule has 1 aromatic heterocycles. The Bertz CT molecular complexity index is 1050. The normalized spacial score (nSPS) is 10.8. The molecule has 0 radical (unpaired) electrons. The smallest absolute Gasteiger partial charge is 0.216 e. The average Bonchev–Trinajstić information content (AvgIpc) is 3.14. The lowest BCUT2D eigenvalue weighted by Crippen LogP contribution is -2.10. The highest BCUT2D eigenvalue weighted by Crippen LogP contribution is 2.37. The third-order valence-electron chi connectivity index (χ3n) is 4.15. The first-order chi connectivity index (χ1) is 14.6. The summed E-state index contributed by atoms with van der Waals surface area (Å²) in [5.41, 5.74) is 4.49. The van der Waals surface area contributed by atoms with Gasteiger partial charge in [0.05, 0.1) is 34.2 Å². The van der Waals surface area contributed by atoms with E-state index >= 15 is 0 Å². The van der Waals surface area contributed by atoms with Crippen LogP contribution in [0, 0.1) is 4.77 Å². The first-order valence-corrected chi connectivity index (χ1v) is 9.51. The van der Waals surface area contributed by atoms with Crippen LogP contribution in [0.2, 0.25) is 0 Å². The van der Waals surface area contributed by atoms with Crippen LogP contribution in [0.3, 0.4) is 0 Å². The molecule has 3 rings (SSSR count). The maximum absolute atomic E-state index is 5.48. The highest BCUT2D eigenvalue weighted by Gasteiger charge is 2.12. The Balaban J connectivity index is 1.84. The van der Waals surface area contributed by atoms with Gasteiger partial charge in [-0.15, -0.1) is 0 Å². The maximum Gasteiger partial charge on any atom is 0.216 e. The van der Waals surface area contributed by atoms with Crippen molar-refractivity contribution in [3.63, 3.8) is 0 Å².